The lowest BCUT2D eigenvalue weighted by Gasteiger charge is -2.41. The van der Waals surface area contributed by atoms with E-state index < -0.39 is 22.6 Å². The molecule has 6 atom stereocenters. The van der Waals surface area contributed by atoms with Gasteiger partial charge in [0.05, 0.1) is 27.3 Å². The molecule has 3 fully saturated rings. The summed E-state index contributed by atoms with van der Waals surface area (Å²) in [5, 5.41) is 9.74. The van der Waals surface area contributed by atoms with Gasteiger partial charge in [0.25, 0.3) is 5.91 Å². The van der Waals surface area contributed by atoms with Crippen LogP contribution in [0.2, 0.25) is 5.02 Å². The number of amides is 3. The van der Waals surface area contributed by atoms with Crippen LogP contribution in [0.3, 0.4) is 0 Å². The average molecular weight is 588 g/mol. The molecule has 0 saturated carbocycles. The molecular weight excluding hydrogens is 546 g/mol. The fraction of sp³-hybridized carbons (Fsp3) is 0.581. The van der Waals surface area contributed by atoms with Gasteiger partial charge in [-0.3, -0.25) is 14.4 Å². The van der Waals surface area contributed by atoms with Crippen molar-refractivity contribution in [2.45, 2.75) is 62.0 Å². The number of aliphatic hydroxyl groups excluding tert-OH is 1. The number of para-hydroxylation sites is 1. The number of benzene rings is 1. The van der Waals surface area contributed by atoms with Gasteiger partial charge in [-0.05, 0) is 50.2 Å². The Morgan fingerprint density at radius 2 is 1.90 bits per heavy atom. The van der Waals surface area contributed by atoms with Gasteiger partial charge in [-0.15, -0.1) is 24.9 Å². The molecule has 218 valence electrons. The third kappa shape index (κ3) is 5.23. The predicted octanol–water partition coefficient (Wildman–Crippen LogP) is 4.78. The quantitative estimate of drug-likeness (QED) is 0.250. The Balaban J connectivity index is 1.78. The van der Waals surface area contributed by atoms with Gasteiger partial charge in [0, 0.05) is 38.0 Å². The fourth-order valence-corrected chi connectivity index (χ4v) is 9.72. The van der Waals surface area contributed by atoms with Crippen LogP contribution in [0.5, 0.6) is 0 Å². The molecule has 3 heterocycles. The number of rotatable bonds is 14. The molecule has 1 spiro atoms. The van der Waals surface area contributed by atoms with E-state index in [0.29, 0.717) is 43.2 Å². The number of carbonyl (C=O) groups excluding carboxylic acids is 3. The highest BCUT2D eigenvalue weighted by Crippen LogP contribution is 2.69. The number of fused-ring (bicyclic) bond motifs is 1. The number of unbranched alkanes of at least 4 members (excludes halogenated alkanes) is 2. The van der Waals surface area contributed by atoms with E-state index in [9.17, 15) is 19.5 Å². The fourth-order valence-electron chi connectivity index (χ4n) is 7.07. The lowest BCUT2D eigenvalue weighted by atomic mass is 9.65. The smallest absolute Gasteiger partial charge is 0.251 e. The van der Waals surface area contributed by atoms with Crippen molar-refractivity contribution in [3.8, 4) is 0 Å². The van der Waals surface area contributed by atoms with Crippen molar-refractivity contribution in [2.24, 2.45) is 17.8 Å². The maximum absolute atomic E-state index is 14.7. The van der Waals surface area contributed by atoms with Crippen LogP contribution in [0, 0.1) is 17.8 Å². The topological polar surface area (TPSA) is 81.2 Å². The second-order valence-corrected chi connectivity index (χ2v) is 13.1. The van der Waals surface area contributed by atoms with Gasteiger partial charge in [-0.2, -0.15) is 0 Å². The molecule has 3 saturated heterocycles. The van der Waals surface area contributed by atoms with Crippen LogP contribution in [-0.4, -0.2) is 81.5 Å². The largest absolute Gasteiger partial charge is 0.396 e. The molecule has 2 bridgehead atoms. The highest BCUT2D eigenvalue weighted by atomic mass is 35.5. The van der Waals surface area contributed by atoms with E-state index in [2.05, 4.69) is 20.1 Å². The Bertz CT molecular complexity index is 1130. The Hall–Kier alpha value is -2.29. The van der Waals surface area contributed by atoms with Gasteiger partial charge < -0.3 is 19.8 Å². The van der Waals surface area contributed by atoms with Gasteiger partial charge >= 0.3 is 0 Å². The molecule has 1 aromatic carbocycles. The zero-order valence-corrected chi connectivity index (χ0v) is 25.2. The van der Waals surface area contributed by atoms with Crippen LogP contribution < -0.4 is 4.90 Å². The number of thioether (sulfide) groups is 1. The third-order valence-corrected chi connectivity index (χ3v) is 11.1. The first-order valence-electron chi connectivity index (χ1n) is 14.4. The zero-order valence-electron chi connectivity index (χ0n) is 23.6. The Morgan fingerprint density at radius 1 is 1.18 bits per heavy atom. The maximum Gasteiger partial charge on any atom is 0.251 e. The predicted molar refractivity (Wildman–Crippen MR) is 162 cm³/mol. The number of carbonyl (C=O) groups is 3. The van der Waals surface area contributed by atoms with Crippen molar-refractivity contribution < 1.29 is 19.5 Å². The lowest BCUT2D eigenvalue weighted by Crippen LogP contribution is -2.57. The maximum atomic E-state index is 14.7. The summed E-state index contributed by atoms with van der Waals surface area (Å²) in [7, 11) is 0. The number of hydrogen-bond acceptors (Lipinski definition) is 5. The number of halogens is 1. The highest BCUT2D eigenvalue weighted by Gasteiger charge is 2.76. The van der Waals surface area contributed by atoms with E-state index in [0.717, 1.165) is 19.3 Å². The standard InChI is InChI=1S/C31H42ClN3O4S/c1-5-15-33(16-6-2)28(37)25-24-20-21(4)31(40-24)26(25)29(38)35(18-11-8-12-19-36)27(31)30(39)34(17-7-3)23-14-10-9-13-22(23)32/h5,7,9-10,13-14,21,24-27,36H,1,3,6,8,11-12,15-20H2,2,4H3/t21?,24-,25+,26-,27?,31?/m0/s1. The van der Waals surface area contributed by atoms with Gasteiger partial charge in [-0.25, -0.2) is 0 Å². The summed E-state index contributed by atoms with van der Waals surface area (Å²) < 4.78 is -0.705. The SMILES string of the molecule is C=CCN(CCC)C(=O)[C@@H]1[C@@H]2CC(C)C3(S2)C(C(=O)N(CC=C)c2ccccc2Cl)N(CCCCCO)C(=O)[C@H]13. The average Bonchev–Trinajstić information content (AvgIpc) is 3.53. The number of aliphatic hydroxyl groups is 1. The molecule has 4 rings (SSSR count). The van der Waals surface area contributed by atoms with Crippen molar-refractivity contribution in [3.05, 3.63) is 54.6 Å². The summed E-state index contributed by atoms with van der Waals surface area (Å²) in [5.74, 6) is -1.25. The molecule has 7 nitrogen and oxygen atoms in total. The van der Waals surface area contributed by atoms with Crippen LogP contribution in [0.15, 0.2) is 49.6 Å². The monoisotopic (exact) mass is 587 g/mol. The van der Waals surface area contributed by atoms with Crippen molar-refractivity contribution >= 4 is 46.8 Å². The first-order chi connectivity index (χ1) is 19.3. The summed E-state index contributed by atoms with van der Waals surface area (Å²) in [6.07, 6.45) is 7.07. The summed E-state index contributed by atoms with van der Waals surface area (Å²) in [6, 6.07) is 6.50. The van der Waals surface area contributed by atoms with E-state index in [1.165, 1.54) is 0 Å². The molecule has 9 heteroatoms. The number of likely N-dealkylation sites (tertiary alicyclic amines) is 1. The number of nitrogens with zero attached hydrogens (tertiary/aromatic N) is 3. The molecule has 1 N–H and O–H groups in total. The van der Waals surface area contributed by atoms with Gasteiger partial charge in [0.2, 0.25) is 11.8 Å². The molecular formula is C31H42ClN3O4S. The van der Waals surface area contributed by atoms with E-state index >= 15 is 0 Å². The van der Waals surface area contributed by atoms with Crippen molar-refractivity contribution in [1.82, 2.24) is 9.80 Å². The van der Waals surface area contributed by atoms with Crippen molar-refractivity contribution in [2.75, 3.05) is 37.7 Å². The molecule has 3 aliphatic heterocycles. The molecule has 0 aliphatic carbocycles. The molecule has 0 aromatic heterocycles. The molecule has 3 aliphatic rings. The minimum absolute atomic E-state index is 0.00578. The van der Waals surface area contributed by atoms with Crippen molar-refractivity contribution in [1.29, 1.82) is 0 Å². The van der Waals surface area contributed by atoms with Crippen LogP contribution in [0.25, 0.3) is 0 Å². The lowest BCUT2D eigenvalue weighted by molar-refractivity contribution is -0.144. The summed E-state index contributed by atoms with van der Waals surface area (Å²) in [4.78, 5) is 48.3. The number of hydrogen-bond donors (Lipinski definition) is 1. The Kier molecular flexibility index (Phi) is 10.1. The first-order valence-corrected chi connectivity index (χ1v) is 15.7. The van der Waals surface area contributed by atoms with Crippen LogP contribution in [0.1, 0.15) is 46.0 Å². The molecule has 3 unspecified atom stereocenters. The third-order valence-electron chi connectivity index (χ3n) is 8.70. The summed E-state index contributed by atoms with van der Waals surface area (Å²) in [6.45, 7) is 13.7. The Morgan fingerprint density at radius 3 is 2.55 bits per heavy atom. The van der Waals surface area contributed by atoms with Crippen LogP contribution in [-0.2, 0) is 14.4 Å². The molecule has 0 radical (unpaired) electrons. The van der Waals surface area contributed by atoms with Crippen LogP contribution in [0.4, 0.5) is 5.69 Å². The highest BCUT2D eigenvalue weighted by molar-refractivity contribution is 8.02. The van der Waals surface area contributed by atoms with Crippen molar-refractivity contribution in [3.63, 3.8) is 0 Å². The zero-order chi connectivity index (χ0) is 29.0. The molecule has 1 aromatic rings. The van der Waals surface area contributed by atoms with Gasteiger partial charge in [-0.1, -0.05) is 49.7 Å². The summed E-state index contributed by atoms with van der Waals surface area (Å²) in [5.41, 5.74) is 0.583. The first kappa shape index (κ1) is 30.7. The molecule has 40 heavy (non-hydrogen) atoms. The Labute approximate surface area is 247 Å². The second-order valence-electron chi connectivity index (χ2n) is 11.1. The summed E-state index contributed by atoms with van der Waals surface area (Å²) >= 11 is 8.26. The van der Waals surface area contributed by atoms with Gasteiger partial charge in [0.1, 0.15) is 6.04 Å². The second kappa shape index (κ2) is 13.1. The van der Waals surface area contributed by atoms with E-state index in [1.54, 1.807) is 39.8 Å². The van der Waals surface area contributed by atoms with E-state index in [-0.39, 0.29) is 42.0 Å². The van der Waals surface area contributed by atoms with Gasteiger partial charge in [0.15, 0.2) is 0 Å². The minimum atomic E-state index is -0.725. The normalized spacial score (nSPS) is 28.4. The van der Waals surface area contributed by atoms with E-state index in [1.807, 2.05) is 30.0 Å². The van der Waals surface area contributed by atoms with Crippen LogP contribution >= 0.6 is 23.4 Å². The van der Waals surface area contributed by atoms with E-state index in [4.69, 9.17) is 11.6 Å². The molecule has 3 amide bonds. The minimum Gasteiger partial charge on any atom is -0.396 e. The number of anilines is 1.